The number of phenols is 1. The Kier molecular flexibility index (Phi) is 5.30. The van der Waals surface area contributed by atoms with Gasteiger partial charge in [-0.2, -0.15) is 0 Å². The molecule has 138 valence electrons. The standard InChI is InChI=1S/C17H18N2O7/c1-8-13(16(21)25-3)15(14(9(2)18-8)17(22)26-4)10-5-6-11(19(23)24)12(20)7-10/h5-7,15,18,20H,1-4H3. The molecule has 0 spiro atoms. The van der Waals surface area contributed by atoms with E-state index in [1.165, 1.54) is 20.3 Å². The maximum absolute atomic E-state index is 12.3. The van der Waals surface area contributed by atoms with Crippen molar-refractivity contribution in [3.05, 3.63) is 56.4 Å². The Balaban J connectivity index is 2.72. The fourth-order valence-electron chi connectivity index (χ4n) is 2.96. The largest absolute Gasteiger partial charge is 0.502 e. The first kappa shape index (κ1) is 19.0. The second-order valence-electron chi connectivity index (χ2n) is 5.62. The molecule has 9 heteroatoms. The molecule has 1 aliphatic heterocycles. The summed E-state index contributed by atoms with van der Waals surface area (Å²) in [5.74, 6) is -2.84. The highest BCUT2D eigenvalue weighted by molar-refractivity contribution is 5.99. The number of aromatic hydroxyl groups is 1. The van der Waals surface area contributed by atoms with Crippen LogP contribution in [-0.2, 0) is 19.1 Å². The Bertz CT molecular complexity index is 817. The molecule has 1 aliphatic rings. The number of allylic oxidation sites excluding steroid dienone is 2. The quantitative estimate of drug-likeness (QED) is 0.472. The second-order valence-corrected chi connectivity index (χ2v) is 5.62. The molecule has 1 aromatic rings. The van der Waals surface area contributed by atoms with E-state index < -0.39 is 34.2 Å². The summed E-state index contributed by atoms with van der Waals surface area (Å²) in [6.45, 7) is 3.28. The van der Waals surface area contributed by atoms with Gasteiger partial charge in [0.25, 0.3) is 0 Å². The number of dihydropyridines is 1. The summed E-state index contributed by atoms with van der Waals surface area (Å²) < 4.78 is 9.64. The number of carbonyl (C=O) groups excluding carboxylic acids is 2. The SMILES string of the molecule is COC(=O)C1=C(C)NC(C)=C(C(=O)OC)C1c1ccc([N+](=O)[O-])c(O)c1. The van der Waals surface area contributed by atoms with Crippen molar-refractivity contribution in [1.82, 2.24) is 5.32 Å². The lowest BCUT2D eigenvalue weighted by molar-refractivity contribution is -0.385. The summed E-state index contributed by atoms with van der Waals surface area (Å²) >= 11 is 0. The number of methoxy groups -OCH3 is 2. The molecule has 0 amide bonds. The number of nitro groups is 1. The lowest BCUT2D eigenvalue weighted by atomic mass is 9.80. The minimum absolute atomic E-state index is 0.145. The van der Waals surface area contributed by atoms with Crippen molar-refractivity contribution in [1.29, 1.82) is 0 Å². The lowest BCUT2D eigenvalue weighted by Crippen LogP contribution is -2.32. The fourth-order valence-corrected chi connectivity index (χ4v) is 2.96. The molecule has 0 saturated carbocycles. The number of benzene rings is 1. The van der Waals surface area contributed by atoms with Gasteiger partial charge in [-0.1, -0.05) is 6.07 Å². The third kappa shape index (κ3) is 3.23. The van der Waals surface area contributed by atoms with Crippen LogP contribution in [0.3, 0.4) is 0 Å². The maximum Gasteiger partial charge on any atom is 0.336 e. The highest BCUT2D eigenvalue weighted by atomic mass is 16.6. The molecule has 1 heterocycles. The number of esters is 2. The smallest absolute Gasteiger partial charge is 0.336 e. The summed E-state index contributed by atoms with van der Waals surface area (Å²) in [4.78, 5) is 34.8. The zero-order valence-electron chi connectivity index (χ0n) is 14.7. The Morgan fingerprint density at radius 3 is 2.00 bits per heavy atom. The molecule has 0 fully saturated rings. The molecule has 0 atom stereocenters. The molecule has 1 aromatic carbocycles. The molecule has 0 unspecified atom stereocenters. The highest BCUT2D eigenvalue weighted by Gasteiger charge is 2.38. The second kappa shape index (κ2) is 7.26. The van der Waals surface area contributed by atoms with E-state index in [-0.39, 0.29) is 11.1 Å². The van der Waals surface area contributed by atoms with Gasteiger partial charge < -0.3 is 19.9 Å². The van der Waals surface area contributed by atoms with Crippen molar-refractivity contribution in [2.45, 2.75) is 19.8 Å². The van der Waals surface area contributed by atoms with Crippen LogP contribution < -0.4 is 5.32 Å². The van der Waals surface area contributed by atoms with Crippen LogP contribution in [-0.4, -0.2) is 36.2 Å². The van der Waals surface area contributed by atoms with Crippen LogP contribution in [0.2, 0.25) is 0 Å². The average molecular weight is 362 g/mol. The Hall–Kier alpha value is -3.36. The monoisotopic (exact) mass is 362 g/mol. The van der Waals surface area contributed by atoms with E-state index in [1.54, 1.807) is 13.8 Å². The van der Waals surface area contributed by atoms with Crippen molar-refractivity contribution < 1.29 is 29.1 Å². The minimum Gasteiger partial charge on any atom is -0.502 e. The van der Waals surface area contributed by atoms with Gasteiger partial charge in [0.15, 0.2) is 5.75 Å². The van der Waals surface area contributed by atoms with Gasteiger partial charge in [-0.3, -0.25) is 10.1 Å². The van der Waals surface area contributed by atoms with E-state index >= 15 is 0 Å². The first-order valence-corrected chi connectivity index (χ1v) is 7.55. The molecule has 9 nitrogen and oxygen atoms in total. The Morgan fingerprint density at radius 2 is 1.62 bits per heavy atom. The number of ether oxygens (including phenoxy) is 2. The molecule has 2 N–H and O–H groups in total. The van der Waals surface area contributed by atoms with E-state index in [9.17, 15) is 24.8 Å². The molecule has 0 saturated heterocycles. The first-order chi connectivity index (χ1) is 12.2. The van der Waals surface area contributed by atoms with Gasteiger partial charge in [0, 0.05) is 17.5 Å². The number of carbonyl (C=O) groups is 2. The van der Waals surface area contributed by atoms with E-state index in [4.69, 9.17) is 9.47 Å². The summed E-state index contributed by atoms with van der Waals surface area (Å²) in [5, 5.41) is 23.8. The van der Waals surface area contributed by atoms with Gasteiger partial charge in [-0.05, 0) is 25.5 Å². The number of phenolic OH excluding ortho intramolecular Hbond substituents is 1. The van der Waals surface area contributed by atoms with Crippen molar-refractivity contribution >= 4 is 17.6 Å². The van der Waals surface area contributed by atoms with Crippen LogP contribution in [0.25, 0.3) is 0 Å². The molecule has 0 aliphatic carbocycles. The molecule has 26 heavy (non-hydrogen) atoms. The average Bonchev–Trinajstić information content (AvgIpc) is 2.59. The summed E-state index contributed by atoms with van der Waals surface area (Å²) in [6.07, 6.45) is 0. The minimum atomic E-state index is -0.914. The topological polar surface area (TPSA) is 128 Å². The molecule has 0 radical (unpaired) electrons. The van der Waals surface area contributed by atoms with Crippen LogP contribution in [0.5, 0.6) is 5.75 Å². The number of nitrogens with one attached hydrogen (secondary N) is 1. The van der Waals surface area contributed by atoms with E-state index in [0.717, 1.165) is 12.1 Å². The van der Waals surface area contributed by atoms with Gasteiger partial charge in [-0.15, -0.1) is 0 Å². The zero-order chi connectivity index (χ0) is 19.6. The molecular formula is C17H18N2O7. The molecular weight excluding hydrogens is 344 g/mol. The maximum atomic E-state index is 12.3. The van der Waals surface area contributed by atoms with Crippen LogP contribution >= 0.6 is 0 Å². The summed E-state index contributed by atoms with van der Waals surface area (Å²) in [7, 11) is 2.41. The number of nitro benzene ring substituents is 1. The number of hydrogen-bond acceptors (Lipinski definition) is 8. The van der Waals surface area contributed by atoms with Gasteiger partial charge in [0.1, 0.15) is 0 Å². The van der Waals surface area contributed by atoms with Crippen LogP contribution in [0, 0.1) is 10.1 Å². The van der Waals surface area contributed by atoms with Gasteiger partial charge in [0.2, 0.25) is 0 Å². The summed E-state index contributed by atoms with van der Waals surface area (Å²) in [6, 6.07) is 3.64. The van der Waals surface area contributed by atoms with E-state index in [1.807, 2.05) is 0 Å². The number of rotatable bonds is 4. The predicted octanol–water partition coefficient (Wildman–Crippen LogP) is 1.88. The third-order valence-electron chi connectivity index (χ3n) is 4.10. The summed E-state index contributed by atoms with van der Waals surface area (Å²) in [5.41, 5.74) is 1.05. The highest BCUT2D eigenvalue weighted by Crippen LogP contribution is 2.41. The van der Waals surface area contributed by atoms with Crippen molar-refractivity contribution in [3.8, 4) is 5.75 Å². The normalized spacial score (nSPS) is 14.8. The van der Waals surface area contributed by atoms with Gasteiger partial charge in [0.05, 0.1) is 36.2 Å². The molecule has 0 bridgehead atoms. The number of hydrogen-bond donors (Lipinski definition) is 2. The molecule has 2 rings (SSSR count). The van der Waals surface area contributed by atoms with Crippen molar-refractivity contribution in [2.75, 3.05) is 14.2 Å². The Morgan fingerprint density at radius 1 is 1.12 bits per heavy atom. The zero-order valence-corrected chi connectivity index (χ0v) is 14.7. The fraction of sp³-hybridized carbons (Fsp3) is 0.294. The van der Waals surface area contributed by atoms with Gasteiger partial charge in [-0.25, -0.2) is 9.59 Å². The van der Waals surface area contributed by atoms with Crippen molar-refractivity contribution in [3.63, 3.8) is 0 Å². The van der Waals surface area contributed by atoms with Crippen LogP contribution in [0.1, 0.15) is 25.3 Å². The van der Waals surface area contributed by atoms with Crippen LogP contribution in [0.15, 0.2) is 40.7 Å². The van der Waals surface area contributed by atoms with E-state index in [0.29, 0.717) is 17.0 Å². The predicted molar refractivity (Wildman–Crippen MR) is 90.1 cm³/mol. The third-order valence-corrected chi connectivity index (χ3v) is 4.10. The Labute approximate surface area is 149 Å². The van der Waals surface area contributed by atoms with Gasteiger partial charge >= 0.3 is 17.6 Å². The number of nitrogens with zero attached hydrogens (tertiary/aromatic N) is 1. The first-order valence-electron chi connectivity index (χ1n) is 7.55. The molecule has 0 aromatic heterocycles. The van der Waals surface area contributed by atoms with E-state index in [2.05, 4.69) is 5.32 Å². The van der Waals surface area contributed by atoms with Crippen LogP contribution in [0.4, 0.5) is 5.69 Å². The van der Waals surface area contributed by atoms with Crippen molar-refractivity contribution in [2.24, 2.45) is 0 Å². The lowest BCUT2D eigenvalue weighted by Gasteiger charge is -2.30.